The molecule has 0 bridgehead atoms. The maximum absolute atomic E-state index is 10.9. The highest BCUT2D eigenvalue weighted by atomic mass is 16.5. The van der Waals surface area contributed by atoms with E-state index in [4.69, 9.17) is 4.74 Å². The van der Waals surface area contributed by atoms with Crippen molar-refractivity contribution in [3.05, 3.63) is 6.42 Å². The van der Waals surface area contributed by atoms with Crippen LogP contribution in [0.5, 0.6) is 0 Å². The normalized spacial score (nSPS) is 12.6. The molecule has 0 aliphatic carbocycles. The maximum atomic E-state index is 10.9. The largest absolute Gasteiger partial charge is 0.462 e. The average Bonchev–Trinajstić information content (AvgIpc) is 2.00. The van der Waals surface area contributed by atoms with Crippen molar-refractivity contribution < 1.29 is 9.53 Å². The van der Waals surface area contributed by atoms with Crippen LogP contribution in [0.3, 0.4) is 0 Å². The van der Waals surface area contributed by atoms with Gasteiger partial charge in [0.15, 0.2) is 0 Å². The van der Waals surface area contributed by atoms with E-state index in [-0.39, 0.29) is 12.1 Å². The smallest absolute Gasteiger partial charge is 0.306 e. The van der Waals surface area contributed by atoms with Crippen LogP contribution in [0.4, 0.5) is 0 Å². The quantitative estimate of drug-likeness (QED) is 0.572. The molecule has 65 valence electrons. The van der Waals surface area contributed by atoms with Gasteiger partial charge < -0.3 is 4.74 Å². The van der Waals surface area contributed by atoms with E-state index < -0.39 is 0 Å². The first-order valence-electron chi connectivity index (χ1n) is 4.19. The molecule has 0 unspecified atom stereocenters. The Hall–Kier alpha value is -0.530. The first kappa shape index (κ1) is 10.5. The van der Waals surface area contributed by atoms with Gasteiger partial charge in [-0.3, -0.25) is 4.79 Å². The Labute approximate surface area is 68.9 Å². The van der Waals surface area contributed by atoms with Gasteiger partial charge in [-0.25, -0.2) is 0 Å². The van der Waals surface area contributed by atoms with Crippen molar-refractivity contribution in [3.63, 3.8) is 0 Å². The molecule has 1 atom stereocenters. The number of unbranched alkanes of at least 4 members (excludes halogenated alkanes) is 1. The lowest BCUT2D eigenvalue weighted by molar-refractivity contribution is -0.146. The number of hydrogen-bond donors (Lipinski definition) is 0. The Balaban J connectivity index is 3.36. The molecule has 0 heterocycles. The molecule has 2 nitrogen and oxygen atoms in total. The van der Waals surface area contributed by atoms with Gasteiger partial charge in [-0.05, 0) is 19.8 Å². The number of rotatable bonds is 5. The van der Waals surface area contributed by atoms with E-state index in [1.165, 1.54) is 0 Å². The highest BCUT2D eigenvalue weighted by Gasteiger charge is 2.05. The van der Waals surface area contributed by atoms with Gasteiger partial charge in [0.1, 0.15) is 6.10 Å². The highest BCUT2D eigenvalue weighted by molar-refractivity contribution is 5.69. The highest BCUT2D eigenvalue weighted by Crippen LogP contribution is 2.01. The summed E-state index contributed by atoms with van der Waals surface area (Å²) in [7, 11) is 0. The molecule has 0 saturated carbocycles. The van der Waals surface area contributed by atoms with Crippen molar-refractivity contribution in [1.82, 2.24) is 0 Å². The minimum Gasteiger partial charge on any atom is -0.462 e. The van der Waals surface area contributed by atoms with E-state index in [9.17, 15) is 4.79 Å². The molecule has 0 amide bonds. The molecule has 0 aliphatic rings. The first-order chi connectivity index (χ1) is 5.20. The Morgan fingerprint density at radius 1 is 1.64 bits per heavy atom. The van der Waals surface area contributed by atoms with Crippen LogP contribution in [0.2, 0.25) is 0 Å². The summed E-state index contributed by atoms with van der Waals surface area (Å²) >= 11 is 0. The topological polar surface area (TPSA) is 26.3 Å². The zero-order valence-electron chi connectivity index (χ0n) is 7.59. The van der Waals surface area contributed by atoms with Crippen LogP contribution in [-0.2, 0) is 9.53 Å². The molecule has 0 saturated heterocycles. The van der Waals surface area contributed by atoms with Crippen LogP contribution >= 0.6 is 0 Å². The molecule has 0 aliphatic heterocycles. The summed E-state index contributed by atoms with van der Waals surface area (Å²) in [6.45, 7) is 5.81. The van der Waals surface area contributed by atoms with Crippen molar-refractivity contribution >= 4 is 5.97 Å². The number of carbonyl (C=O) groups is 1. The van der Waals surface area contributed by atoms with Gasteiger partial charge in [0.25, 0.3) is 0 Å². The molecule has 0 N–H and O–H groups in total. The van der Waals surface area contributed by atoms with Crippen LogP contribution in [-0.4, -0.2) is 12.1 Å². The fourth-order valence-electron chi connectivity index (χ4n) is 0.655. The summed E-state index contributed by atoms with van der Waals surface area (Å²) < 4.78 is 5.01. The van der Waals surface area contributed by atoms with Gasteiger partial charge in [0.2, 0.25) is 0 Å². The van der Waals surface area contributed by atoms with Crippen LogP contribution in [0.25, 0.3) is 0 Å². The van der Waals surface area contributed by atoms with Crippen LogP contribution in [0, 0.1) is 6.42 Å². The third-order valence-corrected chi connectivity index (χ3v) is 1.52. The van der Waals surface area contributed by atoms with Crippen molar-refractivity contribution in [2.24, 2.45) is 0 Å². The van der Waals surface area contributed by atoms with Gasteiger partial charge >= 0.3 is 5.97 Å². The minimum absolute atomic E-state index is 0.0423. The summed E-state index contributed by atoms with van der Waals surface area (Å²) in [5, 5.41) is 0. The average molecular weight is 157 g/mol. The zero-order chi connectivity index (χ0) is 8.69. The summed E-state index contributed by atoms with van der Waals surface area (Å²) in [6, 6.07) is 0. The molecule has 0 aromatic carbocycles. The molecule has 0 spiro atoms. The van der Waals surface area contributed by atoms with Crippen molar-refractivity contribution in [3.8, 4) is 0 Å². The van der Waals surface area contributed by atoms with Crippen molar-refractivity contribution in [1.29, 1.82) is 0 Å². The Morgan fingerprint density at radius 3 is 2.73 bits per heavy atom. The van der Waals surface area contributed by atoms with E-state index in [1.807, 2.05) is 20.3 Å². The van der Waals surface area contributed by atoms with Gasteiger partial charge in [-0.15, -0.1) is 0 Å². The van der Waals surface area contributed by atoms with E-state index in [0.717, 1.165) is 12.8 Å². The lowest BCUT2D eigenvalue weighted by atomic mass is 10.2. The third kappa shape index (κ3) is 5.89. The van der Waals surface area contributed by atoms with Crippen molar-refractivity contribution in [2.75, 3.05) is 0 Å². The Bertz CT molecular complexity index is 110. The number of carbonyl (C=O) groups excluding carboxylic acids is 1. The second-order valence-electron chi connectivity index (χ2n) is 2.63. The molecule has 2 heteroatoms. The zero-order valence-corrected chi connectivity index (χ0v) is 7.59. The van der Waals surface area contributed by atoms with E-state index in [2.05, 4.69) is 6.92 Å². The van der Waals surface area contributed by atoms with Crippen molar-refractivity contribution in [2.45, 2.75) is 46.1 Å². The fourth-order valence-corrected chi connectivity index (χ4v) is 0.655. The fraction of sp³-hybridized carbons (Fsp3) is 0.778. The summed E-state index contributed by atoms with van der Waals surface area (Å²) in [5.74, 6) is -0.0857. The molecule has 0 aromatic heterocycles. The third-order valence-electron chi connectivity index (χ3n) is 1.52. The predicted molar refractivity (Wildman–Crippen MR) is 45.1 cm³/mol. The van der Waals surface area contributed by atoms with Crippen LogP contribution in [0.15, 0.2) is 0 Å². The summed E-state index contributed by atoms with van der Waals surface area (Å²) in [6.07, 6.45) is 4.34. The van der Waals surface area contributed by atoms with Gasteiger partial charge in [0, 0.05) is 6.42 Å². The Kier molecular flexibility index (Phi) is 5.90. The van der Waals surface area contributed by atoms with E-state index in [0.29, 0.717) is 6.42 Å². The molecular formula is C9H17O2. The molecule has 0 rings (SSSR count). The Morgan fingerprint density at radius 2 is 2.27 bits per heavy atom. The predicted octanol–water partition coefficient (Wildman–Crippen LogP) is 2.33. The van der Waals surface area contributed by atoms with Crippen LogP contribution < -0.4 is 0 Å². The van der Waals surface area contributed by atoms with E-state index in [1.54, 1.807) is 0 Å². The molecular weight excluding hydrogens is 140 g/mol. The van der Waals surface area contributed by atoms with Crippen LogP contribution in [0.1, 0.15) is 40.0 Å². The lowest BCUT2D eigenvalue weighted by Gasteiger charge is -2.09. The van der Waals surface area contributed by atoms with Gasteiger partial charge in [-0.2, -0.15) is 0 Å². The lowest BCUT2D eigenvalue weighted by Crippen LogP contribution is -2.13. The first-order valence-corrected chi connectivity index (χ1v) is 4.19. The maximum Gasteiger partial charge on any atom is 0.306 e. The molecule has 0 aromatic rings. The second-order valence-corrected chi connectivity index (χ2v) is 2.63. The molecule has 1 radical (unpaired) electrons. The summed E-state index contributed by atoms with van der Waals surface area (Å²) in [5.41, 5.74) is 0. The SMILES string of the molecule is C[CH][C@@H](C)OC(=O)CCCC. The second kappa shape index (κ2) is 6.20. The monoisotopic (exact) mass is 157 g/mol. The van der Waals surface area contributed by atoms with Gasteiger partial charge in [-0.1, -0.05) is 20.3 Å². The molecule has 11 heavy (non-hydrogen) atoms. The number of hydrogen-bond acceptors (Lipinski definition) is 2. The number of esters is 1. The summed E-state index contributed by atoms with van der Waals surface area (Å²) in [4.78, 5) is 10.9. The number of ether oxygens (including phenoxy) is 1. The standard InChI is InChI=1S/C9H17O2/c1-4-6-7-9(10)11-8(3)5-2/h5,8H,4,6-7H2,1-3H3/t8-/m1/s1. The molecule has 0 fully saturated rings. The van der Waals surface area contributed by atoms with Gasteiger partial charge in [0.05, 0.1) is 0 Å². The minimum atomic E-state index is -0.0857. The van der Waals surface area contributed by atoms with E-state index >= 15 is 0 Å².